The number of phenols is 2. The first-order valence-corrected chi connectivity index (χ1v) is 6.52. The van der Waals surface area contributed by atoms with E-state index in [-0.39, 0.29) is 11.5 Å². The number of amides is 1. The monoisotopic (exact) mass is 300 g/mol. The van der Waals surface area contributed by atoms with Crippen LogP contribution in [0.25, 0.3) is 0 Å². The summed E-state index contributed by atoms with van der Waals surface area (Å²) in [6.45, 7) is 1.64. The molecule has 114 valence electrons. The van der Waals surface area contributed by atoms with E-state index in [1.54, 1.807) is 31.2 Å². The van der Waals surface area contributed by atoms with Crippen molar-refractivity contribution in [1.29, 1.82) is 0 Å². The van der Waals surface area contributed by atoms with Crippen molar-refractivity contribution in [3.63, 3.8) is 0 Å². The molecule has 1 amide bonds. The summed E-state index contributed by atoms with van der Waals surface area (Å²) in [7, 11) is 1.52. The van der Waals surface area contributed by atoms with Crippen LogP contribution in [0.2, 0.25) is 0 Å². The molecule has 0 bridgehead atoms. The number of nitrogens with one attached hydrogen (secondary N) is 1. The van der Waals surface area contributed by atoms with E-state index in [4.69, 9.17) is 4.74 Å². The van der Waals surface area contributed by atoms with Crippen molar-refractivity contribution < 1.29 is 19.7 Å². The van der Waals surface area contributed by atoms with E-state index in [0.717, 1.165) is 0 Å². The van der Waals surface area contributed by atoms with E-state index in [2.05, 4.69) is 10.5 Å². The second-order valence-corrected chi connectivity index (χ2v) is 4.57. The zero-order chi connectivity index (χ0) is 16.1. The van der Waals surface area contributed by atoms with Gasteiger partial charge in [-0.1, -0.05) is 6.07 Å². The maximum atomic E-state index is 12.0. The Balaban J connectivity index is 2.14. The minimum Gasteiger partial charge on any atom is -0.508 e. The lowest BCUT2D eigenvalue weighted by Gasteiger charge is -2.06. The summed E-state index contributed by atoms with van der Waals surface area (Å²) in [5.74, 6) is 0.0207. The van der Waals surface area contributed by atoms with Gasteiger partial charge in [-0.05, 0) is 37.3 Å². The van der Waals surface area contributed by atoms with Crippen LogP contribution in [0.15, 0.2) is 47.6 Å². The summed E-state index contributed by atoms with van der Waals surface area (Å²) in [6, 6.07) is 10.8. The van der Waals surface area contributed by atoms with Gasteiger partial charge in [-0.25, -0.2) is 5.43 Å². The molecular formula is C16H16N2O4. The number of carbonyl (C=O) groups is 1. The van der Waals surface area contributed by atoms with Crippen LogP contribution in [-0.2, 0) is 0 Å². The van der Waals surface area contributed by atoms with Gasteiger partial charge in [-0.2, -0.15) is 5.10 Å². The summed E-state index contributed by atoms with van der Waals surface area (Å²) in [6.07, 6.45) is 0. The maximum Gasteiger partial charge on any atom is 0.271 e. The topological polar surface area (TPSA) is 91.2 Å². The van der Waals surface area contributed by atoms with E-state index < -0.39 is 5.91 Å². The van der Waals surface area contributed by atoms with Crippen LogP contribution in [0.1, 0.15) is 22.8 Å². The molecule has 0 aliphatic carbocycles. The van der Waals surface area contributed by atoms with Crippen LogP contribution in [0.4, 0.5) is 0 Å². The second-order valence-electron chi connectivity index (χ2n) is 4.57. The highest BCUT2D eigenvalue weighted by atomic mass is 16.5. The Morgan fingerprint density at radius 3 is 2.64 bits per heavy atom. The fraction of sp³-hybridized carbons (Fsp3) is 0.125. The SMILES string of the molecule is COc1cccc(C(=O)NN=C(C)c2ccc(O)cc2O)c1. The number of methoxy groups -OCH3 is 1. The smallest absolute Gasteiger partial charge is 0.271 e. The molecule has 0 aliphatic rings. The molecule has 0 spiro atoms. The average Bonchev–Trinajstić information content (AvgIpc) is 2.52. The Hall–Kier alpha value is -3.02. The molecule has 0 atom stereocenters. The number of benzene rings is 2. The van der Waals surface area contributed by atoms with Gasteiger partial charge in [0, 0.05) is 17.2 Å². The van der Waals surface area contributed by atoms with Crippen LogP contribution < -0.4 is 10.2 Å². The Bertz CT molecular complexity index is 726. The van der Waals surface area contributed by atoms with E-state index in [0.29, 0.717) is 22.6 Å². The number of hydrazone groups is 1. The molecule has 2 aromatic rings. The molecule has 0 heterocycles. The highest BCUT2D eigenvalue weighted by molar-refractivity contribution is 6.02. The highest BCUT2D eigenvalue weighted by Gasteiger charge is 2.08. The molecular weight excluding hydrogens is 284 g/mol. The molecule has 0 saturated carbocycles. The van der Waals surface area contributed by atoms with Crippen LogP contribution in [0.3, 0.4) is 0 Å². The lowest BCUT2D eigenvalue weighted by Crippen LogP contribution is -2.19. The number of carbonyl (C=O) groups excluding carboxylic acids is 1. The Morgan fingerprint density at radius 1 is 1.18 bits per heavy atom. The summed E-state index contributed by atoms with van der Waals surface area (Å²) in [4.78, 5) is 12.0. The lowest BCUT2D eigenvalue weighted by molar-refractivity contribution is 0.0954. The molecule has 22 heavy (non-hydrogen) atoms. The van der Waals surface area contributed by atoms with E-state index >= 15 is 0 Å². The van der Waals surface area contributed by atoms with Crippen molar-refractivity contribution in [3.05, 3.63) is 53.6 Å². The quantitative estimate of drug-likeness (QED) is 0.596. The molecule has 0 fully saturated rings. The molecule has 0 unspecified atom stereocenters. The third kappa shape index (κ3) is 3.54. The minimum absolute atomic E-state index is 0.0468. The number of ether oxygens (including phenoxy) is 1. The highest BCUT2D eigenvalue weighted by Crippen LogP contribution is 2.23. The first-order chi connectivity index (χ1) is 10.5. The molecule has 0 saturated heterocycles. The predicted molar refractivity (Wildman–Crippen MR) is 82.4 cm³/mol. The van der Waals surface area contributed by atoms with Crippen molar-refractivity contribution >= 4 is 11.6 Å². The van der Waals surface area contributed by atoms with Gasteiger partial charge >= 0.3 is 0 Å². The van der Waals surface area contributed by atoms with Gasteiger partial charge in [-0.15, -0.1) is 0 Å². The standard InChI is InChI=1S/C16H16N2O4/c1-10(14-7-6-12(19)9-15(14)20)17-18-16(21)11-4-3-5-13(8-11)22-2/h3-9,19-20H,1-2H3,(H,18,21). The van der Waals surface area contributed by atoms with Crippen LogP contribution in [-0.4, -0.2) is 28.9 Å². The molecule has 0 aliphatic heterocycles. The molecule has 6 heteroatoms. The number of nitrogens with zero attached hydrogens (tertiary/aromatic N) is 1. The fourth-order valence-corrected chi connectivity index (χ4v) is 1.85. The number of hydrogen-bond donors (Lipinski definition) is 3. The Labute approximate surface area is 127 Å². The normalized spacial score (nSPS) is 11.1. The van der Waals surface area contributed by atoms with Crippen molar-refractivity contribution in [2.24, 2.45) is 5.10 Å². The van der Waals surface area contributed by atoms with Crippen molar-refractivity contribution in [3.8, 4) is 17.2 Å². The van der Waals surface area contributed by atoms with Crippen molar-refractivity contribution in [1.82, 2.24) is 5.43 Å². The maximum absolute atomic E-state index is 12.0. The average molecular weight is 300 g/mol. The zero-order valence-corrected chi connectivity index (χ0v) is 12.2. The Kier molecular flexibility index (Phi) is 4.63. The van der Waals surface area contributed by atoms with Gasteiger partial charge in [0.05, 0.1) is 12.8 Å². The molecule has 3 N–H and O–H groups in total. The van der Waals surface area contributed by atoms with E-state index in [9.17, 15) is 15.0 Å². The van der Waals surface area contributed by atoms with Gasteiger partial charge in [0.15, 0.2) is 0 Å². The lowest BCUT2D eigenvalue weighted by atomic mass is 10.1. The van der Waals surface area contributed by atoms with Gasteiger partial charge in [0.1, 0.15) is 17.2 Å². The fourth-order valence-electron chi connectivity index (χ4n) is 1.85. The zero-order valence-electron chi connectivity index (χ0n) is 12.2. The van der Waals surface area contributed by atoms with Gasteiger partial charge in [0.2, 0.25) is 0 Å². The summed E-state index contributed by atoms with van der Waals surface area (Å²) in [5.41, 5.74) is 3.65. The predicted octanol–water partition coefficient (Wildman–Crippen LogP) is 2.26. The second kappa shape index (κ2) is 6.62. The van der Waals surface area contributed by atoms with Gasteiger partial charge < -0.3 is 14.9 Å². The molecule has 0 radical (unpaired) electrons. The summed E-state index contributed by atoms with van der Waals surface area (Å²) >= 11 is 0. The molecule has 0 aromatic heterocycles. The van der Waals surface area contributed by atoms with Crippen LogP contribution in [0.5, 0.6) is 17.2 Å². The van der Waals surface area contributed by atoms with Gasteiger partial charge in [-0.3, -0.25) is 4.79 Å². The molecule has 6 nitrogen and oxygen atoms in total. The third-order valence-electron chi connectivity index (χ3n) is 3.03. The molecule has 2 rings (SSSR count). The summed E-state index contributed by atoms with van der Waals surface area (Å²) < 4.78 is 5.05. The first kappa shape index (κ1) is 15.4. The van der Waals surface area contributed by atoms with E-state index in [1.165, 1.54) is 25.3 Å². The third-order valence-corrected chi connectivity index (χ3v) is 3.03. The number of rotatable bonds is 4. The molecule has 2 aromatic carbocycles. The summed E-state index contributed by atoms with van der Waals surface area (Å²) in [5, 5.41) is 22.9. The Morgan fingerprint density at radius 2 is 1.95 bits per heavy atom. The minimum atomic E-state index is -0.392. The van der Waals surface area contributed by atoms with Gasteiger partial charge in [0.25, 0.3) is 5.91 Å². The van der Waals surface area contributed by atoms with Crippen LogP contribution >= 0.6 is 0 Å². The largest absolute Gasteiger partial charge is 0.508 e. The first-order valence-electron chi connectivity index (χ1n) is 6.52. The number of phenolic OH excluding ortho intramolecular Hbond substituents is 2. The number of hydrogen-bond acceptors (Lipinski definition) is 5. The number of aromatic hydroxyl groups is 2. The van der Waals surface area contributed by atoms with Crippen molar-refractivity contribution in [2.45, 2.75) is 6.92 Å². The van der Waals surface area contributed by atoms with E-state index in [1.807, 2.05) is 0 Å². The van der Waals surface area contributed by atoms with Crippen molar-refractivity contribution in [2.75, 3.05) is 7.11 Å². The van der Waals surface area contributed by atoms with Crippen LogP contribution in [0, 0.1) is 0 Å².